The van der Waals surface area contributed by atoms with E-state index in [9.17, 15) is 0 Å². The summed E-state index contributed by atoms with van der Waals surface area (Å²) >= 11 is 4.32. The summed E-state index contributed by atoms with van der Waals surface area (Å²) in [6, 6.07) is 8.08. The molecule has 0 atom stereocenters. The van der Waals surface area contributed by atoms with Crippen LogP contribution in [0.15, 0.2) is 35.2 Å². The number of allylic oxidation sites excluding steroid dienone is 1. The van der Waals surface area contributed by atoms with Crippen LogP contribution >= 0.6 is 12.6 Å². The molecule has 0 heterocycles. The molecule has 0 aromatic heterocycles. The van der Waals surface area contributed by atoms with Crippen molar-refractivity contribution < 1.29 is 0 Å². The van der Waals surface area contributed by atoms with Crippen molar-refractivity contribution in [3.05, 3.63) is 35.9 Å². The Bertz CT molecular complexity index is 251. The van der Waals surface area contributed by atoms with E-state index in [1.165, 1.54) is 5.56 Å². The van der Waals surface area contributed by atoms with Gasteiger partial charge in [-0.3, -0.25) is 0 Å². The van der Waals surface area contributed by atoms with Crippen LogP contribution in [0.4, 0.5) is 0 Å². The zero-order chi connectivity index (χ0) is 8.10. The van der Waals surface area contributed by atoms with Crippen molar-refractivity contribution in [1.82, 2.24) is 0 Å². The Hall–Kier alpha value is -0.690. The molecule has 1 rings (SSSR count). The minimum Gasteiger partial charge on any atom is -0.143 e. The molecule has 0 saturated heterocycles. The minimum absolute atomic E-state index is 1.04. The van der Waals surface area contributed by atoms with E-state index in [1.54, 1.807) is 0 Å². The smallest absolute Gasteiger partial charge is 0.0112 e. The Morgan fingerprint density at radius 3 is 2.73 bits per heavy atom. The lowest BCUT2D eigenvalue weighted by molar-refractivity contribution is 1.23. The van der Waals surface area contributed by atoms with Gasteiger partial charge in [-0.2, -0.15) is 0 Å². The highest BCUT2D eigenvalue weighted by Gasteiger charge is 1.89. The number of benzene rings is 1. The summed E-state index contributed by atoms with van der Waals surface area (Å²) in [7, 11) is 0. The summed E-state index contributed by atoms with van der Waals surface area (Å²) in [5.41, 5.74) is 1.19. The van der Waals surface area contributed by atoms with E-state index in [-0.39, 0.29) is 0 Å². The zero-order valence-electron chi connectivity index (χ0n) is 6.62. The van der Waals surface area contributed by atoms with Crippen molar-refractivity contribution in [1.29, 1.82) is 0 Å². The van der Waals surface area contributed by atoms with Gasteiger partial charge in [-0.25, -0.2) is 0 Å². The standard InChI is InChI=1S/C10H12S/c1-2-3-6-9-7-4-5-8-10(9)11/h3-8,11H,2H2,1H3/b6-3+. The summed E-state index contributed by atoms with van der Waals surface area (Å²) in [6.45, 7) is 2.12. The van der Waals surface area contributed by atoms with Crippen LogP contribution < -0.4 is 0 Å². The molecule has 0 nitrogen and oxygen atoms in total. The monoisotopic (exact) mass is 164 g/mol. The quantitative estimate of drug-likeness (QED) is 0.636. The van der Waals surface area contributed by atoms with Gasteiger partial charge in [0.05, 0.1) is 0 Å². The molecule has 0 N–H and O–H groups in total. The highest BCUT2D eigenvalue weighted by atomic mass is 32.1. The van der Waals surface area contributed by atoms with Gasteiger partial charge in [-0.05, 0) is 18.1 Å². The second-order valence-corrected chi connectivity index (χ2v) is 2.85. The largest absolute Gasteiger partial charge is 0.143 e. The molecule has 58 valence electrons. The van der Waals surface area contributed by atoms with Crippen molar-refractivity contribution in [3.63, 3.8) is 0 Å². The van der Waals surface area contributed by atoms with E-state index < -0.39 is 0 Å². The zero-order valence-corrected chi connectivity index (χ0v) is 7.51. The molecule has 1 heteroatoms. The lowest BCUT2D eigenvalue weighted by Crippen LogP contribution is -1.73. The molecular formula is C10H12S. The van der Waals surface area contributed by atoms with Gasteiger partial charge in [-0.1, -0.05) is 37.3 Å². The Kier molecular flexibility index (Phi) is 3.24. The lowest BCUT2D eigenvalue weighted by atomic mass is 10.2. The van der Waals surface area contributed by atoms with Gasteiger partial charge in [0, 0.05) is 4.90 Å². The van der Waals surface area contributed by atoms with Gasteiger partial charge < -0.3 is 0 Å². The Morgan fingerprint density at radius 2 is 2.09 bits per heavy atom. The molecule has 0 radical (unpaired) electrons. The second-order valence-electron chi connectivity index (χ2n) is 2.37. The molecule has 1 aromatic rings. The first kappa shape index (κ1) is 8.41. The fraction of sp³-hybridized carbons (Fsp3) is 0.200. The van der Waals surface area contributed by atoms with Gasteiger partial charge >= 0.3 is 0 Å². The molecule has 0 saturated carbocycles. The molecule has 0 aliphatic rings. The van der Waals surface area contributed by atoms with E-state index in [0.29, 0.717) is 0 Å². The highest BCUT2D eigenvalue weighted by Crippen LogP contribution is 2.14. The maximum Gasteiger partial charge on any atom is 0.0112 e. The van der Waals surface area contributed by atoms with Gasteiger partial charge in [0.1, 0.15) is 0 Å². The van der Waals surface area contributed by atoms with E-state index in [4.69, 9.17) is 0 Å². The summed E-state index contributed by atoms with van der Waals surface area (Å²) in [5, 5.41) is 0. The van der Waals surface area contributed by atoms with E-state index in [2.05, 4.69) is 37.8 Å². The van der Waals surface area contributed by atoms with Crippen LogP contribution in [0, 0.1) is 0 Å². The maximum atomic E-state index is 4.32. The first-order chi connectivity index (χ1) is 5.34. The SMILES string of the molecule is CC/C=C/c1ccccc1S. The molecule has 0 spiro atoms. The van der Waals surface area contributed by atoms with Gasteiger partial charge in [0.2, 0.25) is 0 Å². The highest BCUT2D eigenvalue weighted by molar-refractivity contribution is 7.80. The minimum atomic E-state index is 1.04. The summed E-state index contributed by atoms with van der Waals surface area (Å²) in [6.07, 6.45) is 5.31. The normalized spacial score (nSPS) is 10.7. The van der Waals surface area contributed by atoms with E-state index in [1.807, 2.05) is 18.2 Å². The van der Waals surface area contributed by atoms with E-state index >= 15 is 0 Å². The van der Waals surface area contributed by atoms with Crippen molar-refractivity contribution >= 4 is 18.7 Å². The van der Waals surface area contributed by atoms with Crippen LogP contribution in [0.1, 0.15) is 18.9 Å². The van der Waals surface area contributed by atoms with Crippen LogP contribution in [-0.4, -0.2) is 0 Å². The fourth-order valence-corrected chi connectivity index (χ4v) is 1.11. The van der Waals surface area contributed by atoms with Crippen molar-refractivity contribution in [2.24, 2.45) is 0 Å². The van der Waals surface area contributed by atoms with Crippen molar-refractivity contribution in [2.75, 3.05) is 0 Å². The van der Waals surface area contributed by atoms with Crippen molar-refractivity contribution in [2.45, 2.75) is 18.2 Å². The molecule has 0 aliphatic heterocycles. The molecule has 0 aliphatic carbocycles. The molecular weight excluding hydrogens is 152 g/mol. The van der Waals surface area contributed by atoms with Crippen LogP contribution in [0.3, 0.4) is 0 Å². The molecule has 0 amide bonds. The molecule has 11 heavy (non-hydrogen) atoms. The lowest BCUT2D eigenvalue weighted by Gasteiger charge is -1.95. The number of hydrogen-bond acceptors (Lipinski definition) is 1. The number of thiol groups is 1. The van der Waals surface area contributed by atoms with Crippen molar-refractivity contribution in [3.8, 4) is 0 Å². The Morgan fingerprint density at radius 1 is 1.36 bits per heavy atom. The average Bonchev–Trinajstić information content (AvgIpc) is 2.03. The molecule has 0 fully saturated rings. The predicted molar refractivity (Wildman–Crippen MR) is 53.0 cm³/mol. The summed E-state index contributed by atoms with van der Waals surface area (Å²) < 4.78 is 0. The van der Waals surface area contributed by atoms with Crippen LogP contribution in [-0.2, 0) is 0 Å². The predicted octanol–water partition coefficient (Wildman–Crippen LogP) is 3.40. The first-order valence-electron chi connectivity index (χ1n) is 3.79. The molecule has 0 unspecified atom stereocenters. The number of rotatable bonds is 2. The third-order valence-corrected chi connectivity index (χ3v) is 1.88. The van der Waals surface area contributed by atoms with Crippen LogP contribution in [0.25, 0.3) is 6.08 Å². The topological polar surface area (TPSA) is 0 Å². The summed E-state index contributed by atoms with van der Waals surface area (Å²) in [5.74, 6) is 0. The van der Waals surface area contributed by atoms with E-state index in [0.717, 1.165) is 11.3 Å². The molecule has 0 bridgehead atoms. The molecule has 1 aromatic carbocycles. The number of hydrogen-bond donors (Lipinski definition) is 1. The average molecular weight is 164 g/mol. The first-order valence-corrected chi connectivity index (χ1v) is 4.24. The van der Waals surface area contributed by atoms with Gasteiger partial charge in [0.15, 0.2) is 0 Å². The van der Waals surface area contributed by atoms with Gasteiger partial charge in [0.25, 0.3) is 0 Å². The Labute approximate surface area is 73.4 Å². The van der Waals surface area contributed by atoms with Crippen LogP contribution in [0.2, 0.25) is 0 Å². The summed E-state index contributed by atoms with van der Waals surface area (Å²) in [4.78, 5) is 1.04. The van der Waals surface area contributed by atoms with Crippen LogP contribution in [0.5, 0.6) is 0 Å². The third kappa shape index (κ3) is 2.43. The second kappa shape index (κ2) is 4.24. The fourth-order valence-electron chi connectivity index (χ4n) is 0.873. The van der Waals surface area contributed by atoms with Gasteiger partial charge in [-0.15, -0.1) is 12.6 Å². The maximum absolute atomic E-state index is 4.32. The Balaban J connectivity index is 2.86. The third-order valence-electron chi connectivity index (χ3n) is 1.47.